The number of likely N-dealkylation sites (tertiary alicyclic amines) is 1. The first-order valence-corrected chi connectivity index (χ1v) is 9.16. The van der Waals surface area contributed by atoms with Crippen molar-refractivity contribution < 1.29 is 4.79 Å². The van der Waals surface area contributed by atoms with Crippen LogP contribution in [0.5, 0.6) is 0 Å². The Morgan fingerprint density at radius 2 is 2.12 bits per heavy atom. The van der Waals surface area contributed by atoms with Crippen LogP contribution >= 0.6 is 23.2 Å². The van der Waals surface area contributed by atoms with Gasteiger partial charge in [-0.3, -0.25) is 4.79 Å². The lowest BCUT2D eigenvalue weighted by atomic mass is 10.0. The largest absolute Gasteiger partial charge is 0.341 e. The summed E-state index contributed by atoms with van der Waals surface area (Å²) in [6, 6.07) is 5.38. The molecule has 2 N–H and O–H groups in total. The fourth-order valence-corrected chi connectivity index (χ4v) is 3.81. The normalized spacial score (nSPS) is 17.8. The highest BCUT2D eigenvalue weighted by Gasteiger charge is 2.24. The third-order valence-electron chi connectivity index (χ3n) is 4.72. The topological polar surface area (TPSA) is 64.2 Å². The van der Waals surface area contributed by atoms with Crippen LogP contribution < -0.4 is 5.73 Å². The number of halogens is 2. The molecule has 1 aromatic heterocycles. The predicted molar refractivity (Wildman–Crippen MR) is 101 cm³/mol. The number of carbonyl (C=O) groups excluding carboxylic acids is 1. The van der Waals surface area contributed by atoms with E-state index < -0.39 is 0 Å². The molecular formula is C18H22Cl2N4O. The van der Waals surface area contributed by atoms with E-state index in [-0.39, 0.29) is 11.9 Å². The Morgan fingerprint density at radius 3 is 2.80 bits per heavy atom. The summed E-state index contributed by atoms with van der Waals surface area (Å²) in [5.41, 5.74) is 9.43. The maximum Gasteiger partial charge on any atom is 0.227 e. The van der Waals surface area contributed by atoms with Crippen LogP contribution in [0.2, 0.25) is 10.0 Å². The highest BCUT2D eigenvalue weighted by Crippen LogP contribution is 2.27. The van der Waals surface area contributed by atoms with Crippen molar-refractivity contribution in [1.82, 2.24) is 14.7 Å². The second-order valence-electron chi connectivity index (χ2n) is 6.58. The van der Waals surface area contributed by atoms with E-state index in [0.29, 0.717) is 23.0 Å². The molecule has 1 fully saturated rings. The Labute approximate surface area is 157 Å². The van der Waals surface area contributed by atoms with Crippen molar-refractivity contribution in [3.05, 3.63) is 45.2 Å². The van der Waals surface area contributed by atoms with Gasteiger partial charge < -0.3 is 10.6 Å². The lowest BCUT2D eigenvalue weighted by molar-refractivity contribution is -0.131. The molecule has 2 aromatic rings. The zero-order valence-electron chi connectivity index (χ0n) is 14.4. The average molecular weight is 381 g/mol. The molecule has 1 aliphatic heterocycles. The lowest BCUT2D eigenvalue weighted by Crippen LogP contribution is -2.46. The van der Waals surface area contributed by atoms with E-state index in [0.717, 1.165) is 42.0 Å². The summed E-state index contributed by atoms with van der Waals surface area (Å²) in [5.74, 6) is 0.100. The van der Waals surface area contributed by atoms with E-state index in [2.05, 4.69) is 5.10 Å². The van der Waals surface area contributed by atoms with Gasteiger partial charge in [-0.15, -0.1) is 0 Å². The second-order valence-corrected chi connectivity index (χ2v) is 7.42. The molecule has 5 nitrogen and oxygen atoms in total. The molecule has 1 amide bonds. The maximum absolute atomic E-state index is 12.7. The van der Waals surface area contributed by atoms with Gasteiger partial charge in [-0.2, -0.15) is 5.10 Å². The molecule has 0 saturated carbocycles. The molecule has 2 heterocycles. The molecule has 1 saturated heterocycles. The van der Waals surface area contributed by atoms with Crippen LogP contribution in [-0.4, -0.2) is 39.7 Å². The Hall–Kier alpha value is -1.56. The van der Waals surface area contributed by atoms with E-state index in [1.54, 1.807) is 16.8 Å². The molecular weight excluding hydrogens is 359 g/mol. The van der Waals surface area contributed by atoms with E-state index in [1.165, 1.54) is 0 Å². The number of rotatable bonds is 3. The second kappa shape index (κ2) is 7.36. The molecule has 1 atom stereocenters. The smallest absolute Gasteiger partial charge is 0.227 e. The number of aromatic nitrogens is 2. The summed E-state index contributed by atoms with van der Waals surface area (Å²) in [4.78, 5) is 14.5. The van der Waals surface area contributed by atoms with E-state index in [9.17, 15) is 4.79 Å². The van der Waals surface area contributed by atoms with Gasteiger partial charge in [-0.1, -0.05) is 23.2 Å². The number of aryl methyl sites for hydroxylation is 1. The highest BCUT2D eigenvalue weighted by atomic mass is 35.5. The zero-order chi connectivity index (χ0) is 18.1. The van der Waals surface area contributed by atoms with E-state index in [1.807, 2.05) is 24.8 Å². The van der Waals surface area contributed by atoms with Gasteiger partial charge in [0.1, 0.15) is 0 Å². The number of nitrogens with two attached hydrogens (primary N) is 1. The number of hydrogen-bond donors (Lipinski definition) is 1. The van der Waals surface area contributed by atoms with Crippen molar-refractivity contribution >= 4 is 29.1 Å². The van der Waals surface area contributed by atoms with Crippen LogP contribution in [0.25, 0.3) is 5.69 Å². The van der Waals surface area contributed by atoms with Crippen molar-refractivity contribution in [2.24, 2.45) is 5.73 Å². The highest BCUT2D eigenvalue weighted by molar-refractivity contribution is 6.35. The lowest BCUT2D eigenvalue weighted by Gasteiger charge is -2.30. The summed E-state index contributed by atoms with van der Waals surface area (Å²) >= 11 is 12.3. The Bertz CT molecular complexity index is 803. The zero-order valence-corrected chi connectivity index (χ0v) is 15.9. The van der Waals surface area contributed by atoms with Crippen LogP contribution in [0.1, 0.15) is 29.8 Å². The van der Waals surface area contributed by atoms with Crippen molar-refractivity contribution in [1.29, 1.82) is 0 Å². The van der Waals surface area contributed by atoms with Gasteiger partial charge in [0.2, 0.25) is 5.91 Å². The van der Waals surface area contributed by atoms with Gasteiger partial charge in [0, 0.05) is 35.4 Å². The minimum Gasteiger partial charge on any atom is -0.341 e. The van der Waals surface area contributed by atoms with Crippen molar-refractivity contribution in [2.75, 3.05) is 13.1 Å². The maximum atomic E-state index is 12.7. The minimum absolute atomic E-state index is 0.0792. The molecule has 1 aliphatic rings. The summed E-state index contributed by atoms with van der Waals surface area (Å²) in [6.07, 6.45) is 2.27. The fraction of sp³-hybridized carbons (Fsp3) is 0.444. The third-order valence-corrected chi connectivity index (χ3v) is 5.26. The average Bonchev–Trinajstić information content (AvgIpc) is 2.83. The van der Waals surface area contributed by atoms with Gasteiger partial charge in [0.15, 0.2) is 0 Å². The fourth-order valence-electron chi connectivity index (χ4n) is 3.32. The summed E-state index contributed by atoms with van der Waals surface area (Å²) in [5, 5.41) is 5.68. The summed E-state index contributed by atoms with van der Waals surface area (Å²) in [7, 11) is 0. The summed E-state index contributed by atoms with van der Waals surface area (Å²) in [6.45, 7) is 5.28. The molecule has 0 bridgehead atoms. The Morgan fingerprint density at radius 1 is 1.36 bits per heavy atom. The Balaban J connectivity index is 1.86. The van der Waals surface area contributed by atoms with E-state index >= 15 is 0 Å². The molecule has 7 heteroatoms. The molecule has 0 radical (unpaired) electrons. The minimum atomic E-state index is 0.0792. The first kappa shape index (κ1) is 18.2. The molecule has 1 unspecified atom stereocenters. The van der Waals surface area contributed by atoms with E-state index in [4.69, 9.17) is 28.9 Å². The van der Waals surface area contributed by atoms with Gasteiger partial charge >= 0.3 is 0 Å². The number of nitrogens with zero attached hydrogens (tertiary/aromatic N) is 3. The van der Waals surface area contributed by atoms with Gasteiger partial charge in [0.25, 0.3) is 0 Å². The van der Waals surface area contributed by atoms with Gasteiger partial charge in [-0.05, 0) is 44.9 Å². The first-order chi connectivity index (χ1) is 11.9. The van der Waals surface area contributed by atoms with Crippen LogP contribution in [0.4, 0.5) is 0 Å². The van der Waals surface area contributed by atoms with Crippen molar-refractivity contribution in [3.63, 3.8) is 0 Å². The molecule has 0 aliphatic carbocycles. The molecule has 134 valence electrons. The molecule has 0 spiro atoms. The number of carbonyl (C=O) groups is 1. The molecule has 1 aromatic carbocycles. The van der Waals surface area contributed by atoms with Crippen LogP contribution in [-0.2, 0) is 11.2 Å². The quantitative estimate of drug-likeness (QED) is 0.888. The molecule has 25 heavy (non-hydrogen) atoms. The van der Waals surface area contributed by atoms with Gasteiger partial charge in [-0.25, -0.2) is 4.68 Å². The van der Waals surface area contributed by atoms with Crippen LogP contribution in [0, 0.1) is 13.8 Å². The van der Waals surface area contributed by atoms with Crippen molar-refractivity contribution in [3.8, 4) is 5.69 Å². The third kappa shape index (κ3) is 3.84. The predicted octanol–water partition coefficient (Wildman–Crippen LogP) is 3.29. The first-order valence-electron chi connectivity index (χ1n) is 8.40. The number of benzene rings is 1. The monoisotopic (exact) mass is 380 g/mol. The SMILES string of the molecule is Cc1nn(-c2ccc(Cl)cc2Cl)c(C)c1CC(=O)N1CCCC(N)C1. The van der Waals surface area contributed by atoms with Gasteiger partial charge in [0.05, 0.1) is 22.8 Å². The number of piperidine rings is 1. The van der Waals surface area contributed by atoms with Crippen LogP contribution in [0.15, 0.2) is 18.2 Å². The van der Waals surface area contributed by atoms with Crippen molar-refractivity contribution in [2.45, 2.75) is 39.2 Å². The number of amides is 1. The van der Waals surface area contributed by atoms with Crippen LogP contribution in [0.3, 0.4) is 0 Å². The number of hydrogen-bond acceptors (Lipinski definition) is 3. The summed E-state index contributed by atoms with van der Waals surface area (Å²) < 4.78 is 1.78. The standard InChI is InChI=1S/C18H22Cl2N4O/c1-11-15(9-18(25)23-7-3-4-14(21)10-23)12(2)24(22-11)17-6-5-13(19)8-16(17)20/h5-6,8,14H,3-4,7,9-10,21H2,1-2H3. The Kier molecular flexibility index (Phi) is 5.37. The molecule has 3 rings (SSSR count).